The highest BCUT2D eigenvalue weighted by Crippen LogP contribution is 2.38. The maximum absolute atomic E-state index is 13.4. The minimum Gasteiger partial charge on any atom is -0.493 e. The number of ether oxygens (including phenoxy) is 4. The Morgan fingerprint density at radius 2 is 1.86 bits per heavy atom. The van der Waals surface area contributed by atoms with Crippen molar-refractivity contribution in [2.75, 3.05) is 26.8 Å². The van der Waals surface area contributed by atoms with E-state index < -0.39 is 5.60 Å². The van der Waals surface area contributed by atoms with Crippen LogP contribution in [0, 0.1) is 11.7 Å². The number of hydrogen-bond donors (Lipinski definition) is 0. The monoisotopic (exact) mass is 561 g/mol. The lowest BCUT2D eigenvalue weighted by atomic mass is 9.98. The van der Waals surface area contributed by atoms with Gasteiger partial charge in [0, 0.05) is 19.2 Å². The van der Waals surface area contributed by atoms with Crippen LogP contribution in [-0.4, -0.2) is 53.4 Å². The first-order valence-corrected chi connectivity index (χ1v) is 12.5. The zero-order valence-corrected chi connectivity index (χ0v) is 22.3. The lowest BCUT2D eigenvalue weighted by Crippen LogP contribution is -2.42. The number of carbonyl (C=O) groups is 1. The van der Waals surface area contributed by atoms with Crippen molar-refractivity contribution in [3.8, 4) is 23.1 Å². The molecule has 0 bridgehead atoms. The predicted octanol–water partition coefficient (Wildman–Crippen LogP) is 6.36. The first-order chi connectivity index (χ1) is 17.1. The van der Waals surface area contributed by atoms with Crippen LogP contribution in [-0.2, 0) is 4.74 Å². The van der Waals surface area contributed by atoms with Crippen molar-refractivity contribution in [2.24, 2.45) is 5.92 Å². The summed E-state index contributed by atoms with van der Waals surface area (Å²) in [5, 5.41) is 0.628. The van der Waals surface area contributed by atoms with Crippen LogP contribution in [0.4, 0.5) is 9.18 Å². The molecule has 0 N–H and O–H groups in total. The van der Waals surface area contributed by atoms with E-state index >= 15 is 0 Å². The Hall–Kier alpha value is -3.14. The van der Waals surface area contributed by atoms with Gasteiger partial charge in [-0.25, -0.2) is 19.2 Å². The molecular weight excluding hydrogens is 533 g/mol. The summed E-state index contributed by atoms with van der Waals surface area (Å²) in [5.74, 6) is 1.74. The van der Waals surface area contributed by atoms with Crippen molar-refractivity contribution in [2.45, 2.75) is 39.2 Å². The van der Waals surface area contributed by atoms with Crippen molar-refractivity contribution >= 4 is 32.9 Å². The fourth-order valence-corrected chi connectivity index (χ4v) is 4.30. The number of fused-ring (bicyclic) bond motifs is 1. The van der Waals surface area contributed by atoms with E-state index in [2.05, 4.69) is 25.9 Å². The smallest absolute Gasteiger partial charge is 0.410 e. The summed E-state index contributed by atoms with van der Waals surface area (Å²) in [6.07, 6.45) is 2.77. The summed E-state index contributed by atoms with van der Waals surface area (Å²) in [7, 11) is 1.56. The number of amides is 1. The molecule has 0 saturated carbocycles. The zero-order valence-electron chi connectivity index (χ0n) is 20.7. The summed E-state index contributed by atoms with van der Waals surface area (Å²) in [4.78, 5) is 22.6. The van der Waals surface area contributed by atoms with Crippen molar-refractivity contribution in [1.29, 1.82) is 0 Å². The number of aromatic nitrogens is 2. The number of likely N-dealkylation sites (tertiary alicyclic amines) is 1. The molecule has 1 aliphatic rings. The molecule has 0 atom stereocenters. The number of halogens is 2. The molecule has 3 aromatic rings. The molecule has 1 amide bonds. The number of nitrogens with zero attached hydrogens (tertiary/aromatic N) is 3. The van der Waals surface area contributed by atoms with Gasteiger partial charge in [-0.3, -0.25) is 0 Å². The van der Waals surface area contributed by atoms with E-state index in [4.69, 9.17) is 18.9 Å². The molecule has 0 unspecified atom stereocenters. The lowest BCUT2D eigenvalue weighted by Gasteiger charge is -2.33. The molecular formula is C26H29BrFN3O5. The molecule has 1 fully saturated rings. The van der Waals surface area contributed by atoms with Crippen LogP contribution in [0.1, 0.15) is 33.6 Å². The van der Waals surface area contributed by atoms with E-state index in [-0.39, 0.29) is 11.9 Å². The number of methoxy groups -OCH3 is 1. The Morgan fingerprint density at radius 1 is 1.11 bits per heavy atom. The topological polar surface area (TPSA) is 83.0 Å². The number of carbonyl (C=O) groups excluding carboxylic acids is 1. The van der Waals surface area contributed by atoms with E-state index in [1.54, 1.807) is 24.1 Å². The average molecular weight is 562 g/mol. The van der Waals surface area contributed by atoms with Gasteiger partial charge in [-0.1, -0.05) is 0 Å². The first kappa shape index (κ1) is 25.9. The van der Waals surface area contributed by atoms with Gasteiger partial charge in [-0.15, -0.1) is 0 Å². The van der Waals surface area contributed by atoms with Crippen LogP contribution in [0.15, 0.2) is 41.1 Å². The molecule has 0 spiro atoms. The van der Waals surface area contributed by atoms with Crippen molar-refractivity contribution in [3.63, 3.8) is 0 Å². The van der Waals surface area contributed by atoms with Crippen LogP contribution < -0.4 is 14.2 Å². The van der Waals surface area contributed by atoms with Crippen molar-refractivity contribution in [3.05, 3.63) is 46.9 Å². The third kappa shape index (κ3) is 6.34. The molecule has 10 heteroatoms. The standard InChI is InChI=1S/C26H29BrFN3O5/c1-26(2,3)36-25(32)31-9-7-16(8-10-31)14-34-23-13-20-18(12-22(23)33-4)24(30-15-29-20)35-21-6-5-17(28)11-19(21)27/h5-6,11-13,15-16H,7-10,14H2,1-4H3. The third-order valence-electron chi connectivity index (χ3n) is 5.73. The molecule has 36 heavy (non-hydrogen) atoms. The molecule has 2 heterocycles. The summed E-state index contributed by atoms with van der Waals surface area (Å²) < 4.78 is 37.0. The Labute approximate surface area is 217 Å². The van der Waals surface area contributed by atoms with Gasteiger partial charge >= 0.3 is 6.09 Å². The molecule has 1 saturated heterocycles. The van der Waals surface area contributed by atoms with Crippen LogP contribution in [0.3, 0.4) is 0 Å². The highest BCUT2D eigenvalue weighted by atomic mass is 79.9. The molecule has 0 aliphatic carbocycles. The van der Waals surface area contributed by atoms with E-state index in [9.17, 15) is 9.18 Å². The van der Waals surface area contributed by atoms with Gasteiger partial charge in [0.05, 0.1) is 29.1 Å². The maximum atomic E-state index is 13.4. The van der Waals surface area contributed by atoms with Crippen LogP contribution >= 0.6 is 15.9 Å². The lowest BCUT2D eigenvalue weighted by molar-refractivity contribution is 0.0164. The van der Waals surface area contributed by atoms with Crippen molar-refractivity contribution < 1.29 is 28.1 Å². The Kier molecular flexibility index (Phi) is 7.82. The Balaban J connectivity index is 1.44. The SMILES string of the molecule is COc1cc2c(Oc3ccc(F)cc3Br)ncnc2cc1OCC1CCN(C(=O)OC(C)(C)C)CC1. The van der Waals surface area contributed by atoms with Gasteiger partial charge in [-0.2, -0.15) is 0 Å². The number of piperidine rings is 1. The number of hydrogen-bond acceptors (Lipinski definition) is 7. The minimum absolute atomic E-state index is 0.275. The predicted molar refractivity (Wildman–Crippen MR) is 136 cm³/mol. The van der Waals surface area contributed by atoms with Gasteiger partial charge in [0.2, 0.25) is 5.88 Å². The van der Waals surface area contributed by atoms with E-state index in [1.807, 2.05) is 20.8 Å². The second kappa shape index (κ2) is 10.9. The summed E-state index contributed by atoms with van der Waals surface area (Å²) in [5.41, 5.74) is 0.113. The van der Waals surface area contributed by atoms with Crippen LogP contribution in [0.5, 0.6) is 23.1 Å². The first-order valence-electron chi connectivity index (χ1n) is 11.7. The quantitative estimate of drug-likeness (QED) is 0.346. The Bertz CT molecular complexity index is 1240. The zero-order chi connectivity index (χ0) is 25.9. The normalized spacial score (nSPS) is 14.6. The Morgan fingerprint density at radius 3 is 2.53 bits per heavy atom. The van der Waals surface area contributed by atoms with Gasteiger partial charge in [0.1, 0.15) is 23.5 Å². The fraction of sp³-hybridized carbons (Fsp3) is 0.423. The van der Waals surface area contributed by atoms with Gasteiger partial charge in [0.15, 0.2) is 11.5 Å². The molecule has 1 aliphatic heterocycles. The molecule has 1 aromatic heterocycles. The molecule has 4 rings (SSSR count). The van der Waals surface area contributed by atoms with Crippen molar-refractivity contribution in [1.82, 2.24) is 14.9 Å². The fourth-order valence-electron chi connectivity index (χ4n) is 3.87. The molecule has 192 valence electrons. The highest BCUT2D eigenvalue weighted by Gasteiger charge is 2.27. The summed E-state index contributed by atoms with van der Waals surface area (Å²) >= 11 is 3.31. The molecule has 2 aromatic carbocycles. The summed E-state index contributed by atoms with van der Waals surface area (Å²) in [6, 6.07) is 7.72. The van der Waals surface area contributed by atoms with E-state index in [1.165, 1.54) is 24.5 Å². The second-order valence-corrected chi connectivity index (χ2v) is 10.5. The number of rotatable bonds is 6. The second-order valence-electron chi connectivity index (χ2n) is 9.60. The number of benzene rings is 2. The molecule has 8 nitrogen and oxygen atoms in total. The van der Waals surface area contributed by atoms with Gasteiger partial charge in [-0.05, 0) is 79.7 Å². The van der Waals surface area contributed by atoms with E-state index in [0.717, 1.165) is 12.8 Å². The van der Waals surface area contributed by atoms with Gasteiger partial charge < -0.3 is 23.8 Å². The molecule has 0 radical (unpaired) electrons. The highest BCUT2D eigenvalue weighted by molar-refractivity contribution is 9.10. The van der Waals surface area contributed by atoms with Crippen LogP contribution in [0.2, 0.25) is 0 Å². The average Bonchev–Trinajstić information content (AvgIpc) is 2.83. The largest absolute Gasteiger partial charge is 0.493 e. The third-order valence-corrected chi connectivity index (χ3v) is 6.35. The summed E-state index contributed by atoms with van der Waals surface area (Å²) in [6.45, 7) is 7.34. The van der Waals surface area contributed by atoms with Gasteiger partial charge in [0.25, 0.3) is 0 Å². The maximum Gasteiger partial charge on any atom is 0.410 e. The minimum atomic E-state index is -0.506. The van der Waals surface area contributed by atoms with E-state index in [0.29, 0.717) is 64.1 Å². The van der Waals surface area contributed by atoms with Crippen LogP contribution in [0.25, 0.3) is 10.9 Å².